The second-order valence-electron chi connectivity index (χ2n) is 9.79. The lowest BCUT2D eigenvalue weighted by atomic mass is 9.80. The topological polar surface area (TPSA) is 51.7 Å². The van der Waals surface area contributed by atoms with Crippen LogP contribution in [0.25, 0.3) is 10.1 Å². The Morgan fingerprint density at radius 3 is 2.61 bits per heavy atom. The van der Waals surface area contributed by atoms with Crippen molar-refractivity contribution < 1.29 is 4.79 Å². The highest BCUT2D eigenvalue weighted by Crippen LogP contribution is 2.40. The Morgan fingerprint density at radius 1 is 1.10 bits per heavy atom. The van der Waals surface area contributed by atoms with Crippen molar-refractivity contribution in [3.05, 3.63) is 24.3 Å². The van der Waals surface area contributed by atoms with Gasteiger partial charge >= 0.3 is 6.03 Å². The van der Waals surface area contributed by atoms with Crippen LogP contribution >= 0.6 is 11.5 Å². The number of carbonyl (C=O) groups excluding carboxylic acids is 1. The molecule has 6 nitrogen and oxygen atoms in total. The third kappa shape index (κ3) is 4.27. The molecule has 1 aromatic carbocycles. The maximum Gasteiger partial charge on any atom is 0.317 e. The zero-order chi connectivity index (χ0) is 21.4. The van der Waals surface area contributed by atoms with Gasteiger partial charge in [0.25, 0.3) is 0 Å². The molecule has 2 heterocycles. The van der Waals surface area contributed by atoms with Crippen LogP contribution in [0.3, 0.4) is 0 Å². The Balaban J connectivity index is 1.12. The average molecular weight is 442 g/mol. The summed E-state index contributed by atoms with van der Waals surface area (Å²) in [5.74, 6) is 2.03. The van der Waals surface area contributed by atoms with E-state index in [9.17, 15) is 4.79 Å². The number of rotatable bonds is 5. The van der Waals surface area contributed by atoms with Crippen molar-refractivity contribution in [2.45, 2.75) is 63.1 Å². The normalized spacial score (nSPS) is 28.8. The number of amides is 2. The second kappa shape index (κ2) is 8.94. The molecule has 1 saturated heterocycles. The van der Waals surface area contributed by atoms with E-state index in [-0.39, 0.29) is 6.03 Å². The van der Waals surface area contributed by atoms with Gasteiger partial charge in [0.05, 0.1) is 4.70 Å². The highest BCUT2D eigenvalue weighted by Gasteiger charge is 2.43. The lowest BCUT2D eigenvalue weighted by molar-refractivity contribution is 0.0646. The lowest BCUT2D eigenvalue weighted by Crippen LogP contribution is -2.65. The minimum Gasteiger partial charge on any atom is -0.349 e. The number of benzene rings is 1. The maximum absolute atomic E-state index is 11.9. The molecule has 3 fully saturated rings. The molecule has 0 spiro atoms. The number of hydrogen-bond acceptors (Lipinski definition) is 5. The number of fused-ring (bicyclic) bond motifs is 2. The maximum atomic E-state index is 11.9. The molecule has 2 saturated carbocycles. The molecular weight excluding hydrogens is 406 g/mol. The highest BCUT2D eigenvalue weighted by atomic mass is 32.1. The number of piperazine rings is 1. The van der Waals surface area contributed by atoms with E-state index < -0.39 is 0 Å². The van der Waals surface area contributed by atoms with Crippen LogP contribution in [0.15, 0.2) is 24.3 Å². The van der Waals surface area contributed by atoms with Gasteiger partial charge in [0.15, 0.2) is 5.82 Å². The van der Waals surface area contributed by atoms with Crippen LogP contribution < -0.4 is 10.2 Å². The Bertz CT molecular complexity index is 906. The van der Waals surface area contributed by atoms with E-state index in [0.717, 1.165) is 31.8 Å². The van der Waals surface area contributed by atoms with Crippen LogP contribution in [0.2, 0.25) is 0 Å². The number of urea groups is 1. The highest BCUT2D eigenvalue weighted by molar-refractivity contribution is 7.13. The monoisotopic (exact) mass is 441 g/mol. The number of aromatic nitrogens is 1. The van der Waals surface area contributed by atoms with Crippen molar-refractivity contribution in [3.8, 4) is 0 Å². The van der Waals surface area contributed by atoms with Gasteiger partial charge in [-0.1, -0.05) is 12.1 Å². The van der Waals surface area contributed by atoms with E-state index in [1.165, 1.54) is 54.6 Å². The Hall–Kier alpha value is -1.86. The van der Waals surface area contributed by atoms with Crippen LogP contribution in [-0.4, -0.2) is 72.1 Å². The fraction of sp³-hybridized carbons (Fsp3) is 0.667. The summed E-state index contributed by atoms with van der Waals surface area (Å²) in [6, 6.07) is 10.4. The van der Waals surface area contributed by atoms with Crippen LogP contribution in [0.5, 0.6) is 0 Å². The first-order valence-corrected chi connectivity index (χ1v) is 12.7. The van der Waals surface area contributed by atoms with Gasteiger partial charge in [-0.05, 0) is 81.1 Å². The Kier molecular flexibility index (Phi) is 6.06. The second-order valence-corrected chi connectivity index (χ2v) is 10.6. The van der Waals surface area contributed by atoms with Crippen molar-refractivity contribution >= 4 is 33.5 Å². The lowest BCUT2D eigenvalue weighted by Gasteiger charge is -2.54. The van der Waals surface area contributed by atoms with Gasteiger partial charge in [-0.25, -0.2) is 4.79 Å². The van der Waals surface area contributed by atoms with Crippen molar-refractivity contribution in [1.29, 1.82) is 0 Å². The van der Waals surface area contributed by atoms with Gasteiger partial charge in [0.2, 0.25) is 0 Å². The summed E-state index contributed by atoms with van der Waals surface area (Å²) < 4.78 is 6.14. The predicted molar refractivity (Wildman–Crippen MR) is 128 cm³/mol. The smallest absolute Gasteiger partial charge is 0.317 e. The molecule has 2 aromatic rings. The summed E-state index contributed by atoms with van der Waals surface area (Å²) in [7, 11) is 3.62. The number of nitrogens with one attached hydrogen (secondary N) is 1. The van der Waals surface area contributed by atoms with Crippen LogP contribution in [0.4, 0.5) is 10.6 Å². The molecule has 0 bridgehead atoms. The van der Waals surface area contributed by atoms with Crippen LogP contribution in [0.1, 0.15) is 44.9 Å². The van der Waals surface area contributed by atoms with E-state index in [2.05, 4.69) is 39.4 Å². The van der Waals surface area contributed by atoms with Crippen LogP contribution in [0, 0.1) is 5.92 Å². The molecule has 5 rings (SSSR count). The molecule has 2 atom stereocenters. The molecule has 3 aliphatic rings. The molecule has 31 heavy (non-hydrogen) atoms. The van der Waals surface area contributed by atoms with Crippen molar-refractivity contribution in [1.82, 2.24) is 19.5 Å². The van der Waals surface area contributed by atoms with E-state index in [1.54, 1.807) is 16.4 Å². The Morgan fingerprint density at radius 2 is 1.87 bits per heavy atom. The number of carbonyl (C=O) groups is 1. The minimum atomic E-state index is 0.0465. The number of hydrogen-bond donors (Lipinski definition) is 1. The van der Waals surface area contributed by atoms with E-state index in [4.69, 9.17) is 4.37 Å². The van der Waals surface area contributed by atoms with Crippen molar-refractivity contribution in [2.75, 3.05) is 38.6 Å². The summed E-state index contributed by atoms with van der Waals surface area (Å²) in [6.45, 7) is 3.48. The average Bonchev–Trinajstić information content (AvgIpc) is 3.18. The summed E-state index contributed by atoms with van der Waals surface area (Å²) in [4.78, 5) is 18.9. The molecule has 168 valence electrons. The third-order valence-corrected chi connectivity index (χ3v) is 8.55. The largest absolute Gasteiger partial charge is 0.349 e. The van der Waals surface area contributed by atoms with Crippen molar-refractivity contribution in [2.24, 2.45) is 5.92 Å². The van der Waals surface area contributed by atoms with Crippen LogP contribution in [-0.2, 0) is 0 Å². The molecule has 0 radical (unpaired) electrons. The predicted octanol–water partition coefficient (Wildman–Crippen LogP) is 4.17. The van der Waals surface area contributed by atoms with Crippen molar-refractivity contribution in [3.63, 3.8) is 0 Å². The first kappa shape index (κ1) is 21.0. The molecule has 7 heteroatoms. The van der Waals surface area contributed by atoms with E-state index in [0.29, 0.717) is 18.1 Å². The summed E-state index contributed by atoms with van der Waals surface area (Å²) in [5, 5.41) is 4.49. The minimum absolute atomic E-state index is 0.0465. The summed E-state index contributed by atoms with van der Waals surface area (Å²) in [5.41, 5.74) is 0. The van der Waals surface area contributed by atoms with E-state index >= 15 is 0 Å². The summed E-state index contributed by atoms with van der Waals surface area (Å²) in [6.07, 6.45) is 8.67. The number of nitrogens with zero attached hydrogens (tertiary/aromatic N) is 4. The summed E-state index contributed by atoms with van der Waals surface area (Å²) >= 11 is 1.64. The zero-order valence-electron chi connectivity index (χ0n) is 18.8. The van der Waals surface area contributed by atoms with Gasteiger partial charge < -0.3 is 15.1 Å². The Labute approximate surface area is 189 Å². The molecule has 1 N–H and O–H groups in total. The van der Waals surface area contributed by atoms with Gasteiger partial charge in [-0.3, -0.25) is 4.90 Å². The fourth-order valence-electron chi connectivity index (χ4n) is 5.69. The first-order valence-electron chi connectivity index (χ1n) is 11.9. The van der Waals surface area contributed by atoms with Gasteiger partial charge in [-0.15, -0.1) is 0 Å². The van der Waals surface area contributed by atoms with Gasteiger partial charge in [0.1, 0.15) is 0 Å². The standard InChI is InChI=1S/C24H35N5OS/c1-27(2)24(30)25-18-9-7-17(8-10-18)13-14-28-15-16-29(21-12-11-20(21)28)23-19-5-3-4-6-22(19)31-26-23/h3-6,17-18,20-21H,7-16H2,1-2H3,(H,25,30). The first-order chi connectivity index (χ1) is 15.1. The molecule has 2 unspecified atom stereocenters. The van der Waals surface area contributed by atoms with Gasteiger partial charge in [0, 0.05) is 50.7 Å². The quantitative estimate of drug-likeness (QED) is 0.757. The van der Waals surface area contributed by atoms with E-state index in [1.807, 2.05) is 14.1 Å². The van der Waals surface area contributed by atoms with Gasteiger partial charge in [-0.2, -0.15) is 4.37 Å². The fourth-order valence-corrected chi connectivity index (χ4v) is 6.48. The molecule has 1 aromatic heterocycles. The molecule has 2 aliphatic carbocycles. The molecular formula is C24H35N5OS. The zero-order valence-corrected chi connectivity index (χ0v) is 19.6. The SMILES string of the molecule is CN(C)C(=O)NC1CCC(CCN2CCN(c3nsc4ccccc34)C3CCC32)CC1. The molecule has 2 amide bonds. The third-order valence-electron chi connectivity index (χ3n) is 7.74. The number of anilines is 1. The molecule has 1 aliphatic heterocycles.